The fourth-order valence-corrected chi connectivity index (χ4v) is 3.89. The van der Waals surface area contributed by atoms with E-state index in [0.29, 0.717) is 30.2 Å². The summed E-state index contributed by atoms with van der Waals surface area (Å²) in [4.78, 5) is 18.1. The van der Waals surface area contributed by atoms with Crippen molar-refractivity contribution in [3.05, 3.63) is 48.0 Å². The summed E-state index contributed by atoms with van der Waals surface area (Å²) in [7, 11) is 0. The molecule has 1 aliphatic heterocycles. The van der Waals surface area contributed by atoms with E-state index in [1.807, 2.05) is 6.20 Å². The first-order valence-electron chi connectivity index (χ1n) is 9.92. The van der Waals surface area contributed by atoms with Gasteiger partial charge in [-0.15, -0.1) is 5.10 Å². The number of amides is 2. The van der Waals surface area contributed by atoms with Crippen LogP contribution in [-0.2, 0) is 0 Å². The van der Waals surface area contributed by atoms with Crippen molar-refractivity contribution in [2.24, 2.45) is 0 Å². The molecule has 2 aliphatic rings. The van der Waals surface area contributed by atoms with Crippen molar-refractivity contribution >= 4 is 22.8 Å². The molecule has 3 heterocycles. The largest absolute Gasteiger partial charge is 0.322 e. The first-order chi connectivity index (χ1) is 14.1. The zero-order valence-electron chi connectivity index (χ0n) is 15.8. The van der Waals surface area contributed by atoms with E-state index in [-0.39, 0.29) is 18.3 Å². The third kappa shape index (κ3) is 3.43. The molecular weight excluding hydrogens is 376 g/mol. The van der Waals surface area contributed by atoms with Gasteiger partial charge < -0.3 is 10.2 Å². The van der Waals surface area contributed by atoms with Gasteiger partial charge in [-0.25, -0.2) is 23.2 Å². The Morgan fingerprint density at radius 1 is 1.21 bits per heavy atom. The van der Waals surface area contributed by atoms with Crippen LogP contribution in [0.1, 0.15) is 37.2 Å². The molecule has 1 saturated carbocycles. The number of aromatic nitrogens is 3. The quantitative estimate of drug-likeness (QED) is 0.712. The molecule has 29 heavy (non-hydrogen) atoms. The molecule has 0 unspecified atom stereocenters. The predicted molar refractivity (Wildman–Crippen MR) is 106 cm³/mol. The number of rotatable bonds is 3. The maximum Gasteiger partial charge on any atom is 0.321 e. The van der Waals surface area contributed by atoms with E-state index in [2.05, 4.69) is 21.5 Å². The highest BCUT2D eigenvalue weighted by atomic mass is 19.1. The third-order valence-electron chi connectivity index (χ3n) is 5.82. The molecule has 2 amide bonds. The monoisotopic (exact) mass is 397 g/mol. The Hall–Kier alpha value is -3.03. The minimum Gasteiger partial charge on any atom is -0.322 e. The van der Waals surface area contributed by atoms with E-state index in [4.69, 9.17) is 0 Å². The highest BCUT2D eigenvalue weighted by Gasteiger charge is 2.26. The molecular formula is C21H21F2N5O. The predicted octanol–water partition coefficient (Wildman–Crippen LogP) is 4.40. The van der Waals surface area contributed by atoms with E-state index >= 15 is 0 Å². The van der Waals surface area contributed by atoms with Crippen LogP contribution in [0.5, 0.6) is 0 Å². The fourth-order valence-electron chi connectivity index (χ4n) is 3.89. The van der Waals surface area contributed by atoms with Crippen molar-refractivity contribution in [3.8, 4) is 5.69 Å². The van der Waals surface area contributed by atoms with Crippen molar-refractivity contribution < 1.29 is 13.6 Å². The number of halogens is 2. The maximum absolute atomic E-state index is 14.5. The summed E-state index contributed by atoms with van der Waals surface area (Å²) in [6.45, 7) is 0.458. The van der Waals surface area contributed by atoms with Gasteiger partial charge in [0.05, 0.1) is 6.54 Å². The number of hydrogen-bond donors (Lipinski definition) is 1. The fraction of sp³-hybridized carbons (Fsp3) is 0.381. The van der Waals surface area contributed by atoms with Crippen molar-refractivity contribution in [2.75, 3.05) is 18.4 Å². The minimum atomic E-state index is -0.988. The minimum absolute atomic E-state index is 0.0828. The number of benzene rings is 1. The van der Waals surface area contributed by atoms with Crippen LogP contribution in [0.4, 0.5) is 19.3 Å². The van der Waals surface area contributed by atoms with Crippen molar-refractivity contribution in [3.63, 3.8) is 0 Å². The molecule has 0 spiro atoms. The number of fused-ring (bicyclic) bond motifs is 1. The first-order valence-corrected chi connectivity index (χ1v) is 9.92. The lowest BCUT2D eigenvalue weighted by molar-refractivity contribution is 0.218. The standard InChI is InChI=1S/C21H21F2N5O/c22-16-6-7-27(12-16)21(29)25-17-4-5-18(23)19(9-17)28-11-15-8-14(13-2-1-3-13)10-24-20(15)26-28/h4-5,8-11,13,16H,1-3,6-7,12H2,(H,25,29)/t16-/m1/s1. The van der Waals surface area contributed by atoms with Crippen LogP contribution in [0.3, 0.4) is 0 Å². The van der Waals surface area contributed by atoms with Gasteiger partial charge >= 0.3 is 6.03 Å². The highest BCUT2D eigenvalue weighted by Crippen LogP contribution is 2.36. The summed E-state index contributed by atoms with van der Waals surface area (Å²) < 4.78 is 29.3. The summed E-state index contributed by atoms with van der Waals surface area (Å²) in [5.41, 5.74) is 2.39. The van der Waals surface area contributed by atoms with Crippen LogP contribution in [-0.4, -0.2) is 45.0 Å². The van der Waals surface area contributed by atoms with Crippen molar-refractivity contribution in [1.29, 1.82) is 0 Å². The van der Waals surface area contributed by atoms with E-state index in [9.17, 15) is 13.6 Å². The molecule has 1 N–H and O–H groups in total. The maximum atomic E-state index is 14.5. The van der Waals surface area contributed by atoms with Crippen LogP contribution in [0.15, 0.2) is 36.7 Å². The summed E-state index contributed by atoms with van der Waals surface area (Å²) >= 11 is 0. The molecule has 1 saturated heterocycles. The van der Waals surface area contributed by atoms with Gasteiger partial charge in [0.25, 0.3) is 0 Å². The van der Waals surface area contributed by atoms with E-state index < -0.39 is 12.0 Å². The number of carbonyl (C=O) groups excluding carboxylic acids is 1. The Morgan fingerprint density at radius 2 is 2.07 bits per heavy atom. The van der Waals surface area contributed by atoms with Crippen LogP contribution in [0.25, 0.3) is 16.7 Å². The number of pyridine rings is 1. The number of likely N-dealkylation sites (tertiary alicyclic amines) is 1. The van der Waals surface area contributed by atoms with Gasteiger partial charge in [0.2, 0.25) is 0 Å². The third-order valence-corrected chi connectivity index (χ3v) is 5.82. The van der Waals surface area contributed by atoms with Crippen molar-refractivity contribution in [1.82, 2.24) is 19.7 Å². The molecule has 0 radical (unpaired) electrons. The number of nitrogens with one attached hydrogen (secondary N) is 1. The SMILES string of the molecule is O=C(Nc1ccc(F)c(-n2cc3cc(C4CCC4)cnc3n2)c1)N1CC[C@@H](F)C1. The molecule has 1 aromatic carbocycles. The first kappa shape index (κ1) is 18.0. The molecule has 6 nitrogen and oxygen atoms in total. The molecule has 2 aromatic heterocycles. The van der Waals surface area contributed by atoms with Crippen LogP contribution in [0, 0.1) is 5.82 Å². The second-order valence-corrected chi connectivity index (χ2v) is 7.81. The van der Waals surface area contributed by atoms with Gasteiger partial charge in [-0.05, 0) is 55.0 Å². The van der Waals surface area contributed by atoms with Gasteiger partial charge in [0.1, 0.15) is 17.7 Å². The second kappa shape index (κ2) is 7.09. The van der Waals surface area contributed by atoms with Crippen LogP contribution >= 0.6 is 0 Å². The van der Waals surface area contributed by atoms with Gasteiger partial charge in [0, 0.05) is 30.0 Å². The van der Waals surface area contributed by atoms with Gasteiger partial charge in [-0.2, -0.15) is 0 Å². The normalized spacial score (nSPS) is 19.5. The lowest BCUT2D eigenvalue weighted by Gasteiger charge is -2.25. The molecule has 1 atom stereocenters. The number of anilines is 1. The second-order valence-electron chi connectivity index (χ2n) is 7.81. The lowest BCUT2D eigenvalue weighted by Crippen LogP contribution is -2.33. The van der Waals surface area contributed by atoms with Gasteiger partial charge in [-0.3, -0.25) is 0 Å². The Labute approximate surface area is 166 Å². The van der Waals surface area contributed by atoms with Crippen molar-refractivity contribution in [2.45, 2.75) is 37.8 Å². The Balaban J connectivity index is 1.41. The van der Waals surface area contributed by atoms with Crippen LogP contribution in [0.2, 0.25) is 0 Å². The molecule has 0 bridgehead atoms. The lowest BCUT2D eigenvalue weighted by atomic mass is 9.80. The molecule has 150 valence electrons. The zero-order valence-corrected chi connectivity index (χ0v) is 15.8. The van der Waals surface area contributed by atoms with Crippen LogP contribution < -0.4 is 5.32 Å². The number of carbonyl (C=O) groups is 1. The average molecular weight is 397 g/mol. The Kier molecular flexibility index (Phi) is 4.41. The smallest absolute Gasteiger partial charge is 0.321 e. The molecule has 3 aromatic rings. The number of urea groups is 1. The number of alkyl halides is 1. The average Bonchev–Trinajstić information content (AvgIpc) is 3.27. The molecule has 2 fully saturated rings. The molecule has 5 rings (SSSR count). The van der Waals surface area contributed by atoms with E-state index in [0.717, 1.165) is 5.39 Å². The number of hydrogen-bond acceptors (Lipinski definition) is 3. The summed E-state index contributed by atoms with van der Waals surface area (Å²) in [5, 5.41) is 7.96. The summed E-state index contributed by atoms with van der Waals surface area (Å²) in [6, 6.07) is 5.97. The Morgan fingerprint density at radius 3 is 2.79 bits per heavy atom. The number of nitrogens with zero attached hydrogens (tertiary/aromatic N) is 4. The summed E-state index contributed by atoms with van der Waals surface area (Å²) in [5.74, 6) is 0.0973. The zero-order chi connectivity index (χ0) is 20.0. The molecule has 1 aliphatic carbocycles. The van der Waals surface area contributed by atoms with Gasteiger partial charge in [-0.1, -0.05) is 6.42 Å². The Bertz CT molecular complexity index is 1080. The van der Waals surface area contributed by atoms with E-state index in [1.54, 1.807) is 6.20 Å². The highest BCUT2D eigenvalue weighted by molar-refractivity contribution is 5.90. The molecule has 8 heteroatoms. The van der Waals surface area contributed by atoms with Gasteiger partial charge in [0.15, 0.2) is 5.65 Å². The topological polar surface area (TPSA) is 63.1 Å². The van der Waals surface area contributed by atoms with E-state index in [1.165, 1.54) is 52.6 Å². The summed E-state index contributed by atoms with van der Waals surface area (Å²) in [6.07, 6.45) is 6.56.